The second-order valence-electron chi connectivity index (χ2n) is 8.05. The Morgan fingerprint density at radius 2 is 2.03 bits per heavy atom. The SMILES string of the molecule is CCOC1C2=C(CCCC2)C(=O)N1c1cc2c(cc1F)OCC(=O)N2Cc1ccccn1. The zero-order valence-corrected chi connectivity index (χ0v) is 17.8. The van der Waals surface area contributed by atoms with Gasteiger partial charge in [0.25, 0.3) is 11.8 Å². The molecule has 1 aliphatic carbocycles. The molecule has 0 saturated heterocycles. The lowest BCUT2D eigenvalue weighted by Crippen LogP contribution is -2.40. The van der Waals surface area contributed by atoms with Crippen LogP contribution in [0.25, 0.3) is 0 Å². The smallest absolute Gasteiger partial charge is 0.265 e. The average molecular weight is 437 g/mol. The van der Waals surface area contributed by atoms with Crippen LogP contribution in [-0.2, 0) is 20.9 Å². The highest BCUT2D eigenvalue weighted by molar-refractivity contribution is 6.10. The summed E-state index contributed by atoms with van der Waals surface area (Å²) in [6.07, 6.45) is 4.39. The van der Waals surface area contributed by atoms with Crippen molar-refractivity contribution in [1.29, 1.82) is 0 Å². The monoisotopic (exact) mass is 437 g/mol. The zero-order chi connectivity index (χ0) is 22.2. The number of ether oxygens (including phenoxy) is 2. The van der Waals surface area contributed by atoms with Crippen molar-refractivity contribution in [3.05, 3.63) is 59.2 Å². The number of benzene rings is 1. The van der Waals surface area contributed by atoms with Crippen molar-refractivity contribution >= 4 is 23.2 Å². The number of halogens is 1. The number of amides is 2. The Bertz CT molecular complexity index is 1100. The number of carbonyl (C=O) groups is 2. The van der Waals surface area contributed by atoms with Gasteiger partial charge < -0.3 is 9.47 Å². The fraction of sp³-hybridized carbons (Fsp3) is 0.375. The molecule has 0 radical (unpaired) electrons. The Kier molecular flexibility index (Phi) is 5.38. The molecule has 32 heavy (non-hydrogen) atoms. The van der Waals surface area contributed by atoms with Gasteiger partial charge in [0, 0.05) is 24.4 Å². The van der Waals surface area contributed by atoms with Crippen molar-refractivity contribution in [2.75, 3.05) is 23.0 Å². The topological polar surface area (TPSA) is 72.0 Å². The van der Waals surface area contributed by atoms with Crippen molar-refractivity contribution in [2.24, 2.45) is 0 Å². The molecule has 2 aliphatic heterocycles. The zero-order valence-electron chi connectivity index (χ0n) is 17.8. The van der Waals surface area contributed by atoms with Gasteiger partial charge in [-0.15, -0.1) is 0 Å². The van der Waals surface area contributed by atoms with Crippen LogP contribution in [0.3, 0.4) is 0 Å². The highest BCUT2D eigenvalue weighted by Crippen LogP contribution is 2.44. The Labute approximate surface area is 185 Å². The van der Waals surface area contributed by atoms with E-state index in [1.807, 2.05) is 19.1 Å². The molecule has 166 valence electrons. The third kappa shape index (κ3) is 3.44. The van der Waals surface area contributed by atoms with Crippen molar-refractivity contribution in [1.82, 2.24) is 4.98 Å². The number of hydrogen-bond donors (Lipinski definition) is 0. The Morgan fingerprint density at radius 3 is 2.81 bits per heavy atom. The summed E-state index contributed by atoms with van der Waals surface area (Å²) in [6.45, 7) is 2.29. The van der Waals surface area contributed by atoms with Gasteiger partial charge in [-0.2, -0.15) is 0 Å². The molecule has 5 rings (SSSR count). The van der Waals surface area contributed by atoms with E-state index in [1.54, 1.807) is 12.3 Å². The molecule has 3 aliphatic rings. The van der Waals surface area contributed by atoms with Crippen LogP contribution in [0.5, 0.6) is 5.75 Å². The molecule has 1 atom stereocenters. The summed E-state index contributed by atoms with van der Waals surface area (Å²) in [5.74, 6) is -0.809. The van der Waals surface area contributed by atoms with Crippen LogP contribution in [0.2, 0.25) is 0 Å². The first-order chi connectivity index (χ1) is 15.6. The van der Waals surface area contributed by atoms with Crippen LogP contribution in [0.4, 0.5) is 15.8 Å². The summed E-state index contributed by atoms with van der Waals surface area (Å²) in [7, 11) is 0. The number of carbonyl (C=O) groups excluding carboxylic acids is 2. The number of aromatic nitrogens is 1. The van der Waals surface area contributed by atoms with Crippen LogP contribution in [-0.4, -0.2) is 36.2 Å². The van der Waals surface area contributed by atoms with Gasteiger partial charge in [-0.3, -0.25) is 24.4 Å². The average Bonchev–Trinajstić information content (AvgIpc) is 3.08. The van der Waals surface area contributed by atoms with Crippen molar-refractivity contribution in [2.45, 2.75) is 45.4 Å². The molecule has 1 aromatic heterocycles. The normalized spacial score (nSPS) is 20.4. The summed E-state index contributed by atoms with van der Waals surface area (Å²) in [4.78, 5) is 33.2. The van der Waals surface area contributed by atoms with E-state index in [-0.39, 0.29) is 36.4 Å². The minimum Gasteiger partial charge on any atom is -0.481 e. The highest BCUT2D eigenvalue weighted by atomic mass is 19.1. The third-order valence-corrected chi connectivity index (χ3v) is 6.12. The third-order valence-electron chi connectivity index (χ3n) is 6.12. The Morgan fingerprint density at radius 1 is 1.19 bits per heavy atom. The maximum Gasteiger partial charge on any atom is 0.265 e. The summed E-state index contributed by atoms with van der Waals surface area (Å²) in [5, 5.41) is 0. The second kappa shape index (κ2) is 8.35. The Hall–Kier alpha value is -3.26. The second-order valence-corrected chi connectivity index (χ2v) is 8.05. The first kappa shape index (κ1) is 20.6. The van der Waals surface area contributed by atoms with Crippen molar-refractivity contribution in [3.63, 3.8) is 0 Å². The molecule has 0 spiro atoms. The van der Waals surface area contributed by atoms with E-state index in [4.69, 9.17) is 9.47 Å². The van der Waals surface area contributed by atoms with Gasteiger partial charge in [-0.1, -0.05) is 6.07 Å². The van der Waals surface area contributed by atoms with E-state index < -0.39 is 12.0 Å². The lowest BCUT2D eigenvalue weighted by atomic mass is 9.93. The van der Waals surface area contributed by atoms with Gasteiger partial charge in [0.05, 0.1) is 23.6 Å². The van der Waals surface area contributed by atoms with Crippen LogP contribution in [0.15, 0.2) is 47.7 Å². The van der Waals surface area contributed by atoms with Crippen molar-refractivity contribution < 1.29 is 23.5 Å². The molecular formula is C24H24FN3O4. The van der Waals surface area contributed by atoms with E-state index >= 15 is 4.39 Å². The summed E-state index contributed by atoms with van der Waals surface area (Å²) >= 11 is 0. The lowest BCUT2D eigenvalue weighted by Gasteiger charge is -2.32. The van der Waals surface area contributed by atoms with E-state index in [0.717, 1.165) is 30.4 Å². The Balaban J connectivity index is 1.56. The summed E-state index contributed by atoms with van der Waals surface area (Å²) in [6, 6.07) is 8.23. The molecule has 1 aromatic carbocycles. The van der Waals surface area contributed by atoms with Gasteiger partial charge in [-0.05, 0) is 56.4 Å². The lowest BCUT2D eigenvalue weighted by molar-refractivity contribution is -0.121. The minimum atomic E-state index is -0.625. The fourth-order valence-corrected chi connectivity index (χ4v) is 4.64. The number of rotatable bonds is 5. The van der Waals surface area contributed by atoms with Crippen molar-refractivity contribution in [3.8, 4) is 5.75 Å². The molecule has 1 unspecified atom stereocenters. The highest BCUT2D eigenvalue weighted by Gasteiger charge is 2.43. The van der Waals surface area contributed by atoms with Crippen LogP contribution in [0.1, 0.15) is 38.3 Å². The number of fused-ring (bicyclic) bond motifs is 1. The van der Waals surface area contributed by atoms with E-state index in [0.29, 0.717) is 24.4 Å². The van der Waals surface area contributed by atoms with Crippen LogP contribution >= 0.6 is 0 Å². The number of nitrogens with zero attached hydrogens (tertiary/aromatic N) is 3. The van der Waals surface area contributed by atoms with E-state index in [2.05, 4.69) is 4.98 Å². The summed E-state index contributed by atoms with van der Waals surface area (Å²) in [5.41, 5.74) is 2.87. The van der Waals surface area contributed by atoms with Gasteiger partial charge in [-0.25, -0.2) is 4.39 Å². The minimum absolute atomic E-state index is 0.0888. The quantitative estimate of drug-likeness (QED) is 0.713. The molecule has 2 amide bonds. The molecule has 3 heterocycles. The van der Waals surface area contributed by atoms with E-state index in [9.17, 15) is 9.59 Å². The molecule has 0 fully saturated rings. The molecule has 0 bridgehead atoms. The standard InChI is InChI=1S/C24H24FN3O4/c1-2-31-24-17-9-4-3-8-16(17)23(30)28(24)19-12-20-21(11-18(19)25)32-14-22(29)27(20)13-15-7-5-6-10-26-15/h5-7,10-12,24H,2-4,8-9,13-14H2,1H3. The van der Waals surface area contributed by atoms with Gasteiger partial charge in [0.1, 0.15) is 5.75 Å². The number of hydrogen-bond acceptors (Lipinski definition) is 5. The van der Waals surface area contributed by atoms with Crippen LogP contribution < -0.4 is 14.5 Å². The number of anilines is 2. The van der Waals surface area contributed by atoms with Gasteiger partial charge in [0.15, 0.2) is 18.7 Å². The molecule has 7 nitrogen and oxygen atoms in total. The predicted octanol–water partition coefficient (Wildman–Crippen LogP) is 3.73. The molecule has 0 N–H and O–H groups in total. The number of pyridine rings is 1. The summed E-state index contributed by atoms with van der Waals surface area (Å²) < 4.78 is 26.7. The first-order valence-corrected chi connectivity index (χ1v) is 10.9. The van der Waals surface area contributed by atoms with Gasteiger partial charge in [0.2, 0.25) is 0 Å². The molecule has 2 aromatic rings. The predicted molar refractivity (Wildman–Crippen MR) is 116 cm³/mol. The maximum atomic E-state index is 15.3. The maximum absolute atomic E-state index is 15.3. The van der Waals surface area contributed by atoms with Gasteiger partial charge >= 0.3 is 0 Å². The van der Waals surface area contributed by atoms with E-state index in [1.165, 1.54) is 21.9 Å². The molecule has 8 heteroatoms. The first-order valence-electron chi connectivity index (χ1n) is 10.9. The van der Waals surface area contributed by atoms with Crippen LogP contribution in [0, 0.1) is 5.82 Å². The molecule has 0 saturated carbocycles. The fourth-order valence-electron chi connectivity index (χ4n) is 4.64. The molecular weight excluding hydrogens is 413 g/mol. The largest absolute Gasteiger partial charge is 0.481 e.